The fraction of sp³-hybridized carbons (Fsp3) is 0.500. The summed E-state index contributed by atoms with van der Waals surface area (Å²) in [7, 11) is 0. The van der Waals surface area contributed by atoms with E-state index >= 15 is 0 Å². The Balaban J connectivity index is 1.42. The normalized spacial score (nSPS) is 24.5. The van der Waals surface area contributed by atoms with Gasteiger partial charge in [0.1, 0.15) is 12.7 Å². The van der Waals surface area contributed by atoms with E-state index in [1.54, 1.807) is 4.57 Å². The highest BCUT2D eigenvalue weighted by Gasteiger charge is 2.51. The molecule has 13 nitrogen and oxygen atoms in total. The molecule has 0 amide bonds. The second-order valence-electron chi connectivity index (χ2n) is 10.7. The summed E-state index contributed by atoms with van der Waals surface area (Å²) in [5.74, 6) is -1.26. The second kappa shape index (κ2) is 11.1. The Labute approximate surface area is 246 Å². The third-order valence-corrected chi connectivity index (χ3v) is 8.09. The first-order valence-electron chi connectivity index (χ1n) is 13.6. The van der Waals surface area contributed by atoms with Crippen molar-refractivity contribution in [1.82, 2.24) is 19.5 Å². The quantitative estimate of drug-likeness (QED) is 0.233. The van der Waals surface area contributed by atoms with Crippen LogP contribution in [0.25, 0.3) is 11.2 Å². The Bertz CT molecular complexity index is 1540. The van der Waals surface area contributed by atoms with Gasteiger partial charge in [0.05, 0.1) is 6.33 Å². The number of ether oxygens (including phenoxy) is 5. The van der Waals surface area contributed by atoms with Gasteiger partial charge in [0.2, 0.25) is 5.28 Å². The number of anilines is 2. The van der Waals surface area contributed by atoms with Crippen LogP contribution in [0.4, 0.5) is 11.5 Å². The van der Waals surface area contributed by atoms with Gasteiger partial charge in [0.15, 0.2) is 35.4 Å². The zero-order valence-electron chi connectivity index (χ0n) is 23.3. The smallest absolute Gasteiger partial charge is 0.303 e. The molecule has 0 bridgehead atoms. The van der Waals surface area contributed by atoms with E-state index in [2.05, 4.69) is 32.0 Å². The van der Waals surface area contributed by atoms with Crippen molar-refractivity contribution >= 4 is 52.2 Å². The molecule has 3 aliphatic rings. The Morgan fingerprint density at radius 1 is 1.02 bits per heavy atom. The highest BCUT2D eigenvalue weighted by molar-refractivity contribution is 6.28. The Kier molecular flexibility index (Phi) is 7.50. The van der Waals surface area contributed by atoms with Crippen molar-refractivity contribution in [3.8, 4) is 0 Å². The van der Waals surface area contributed by atoms with Crippen LogP contribution in [0.1, 0.15) is 45.4 Å². The molecule has 2 fully saturated rings. The van der Waals surface area contributed by atoms with Crippen LogP contribution in [0.5, 0.6) is 0 Å². The number of imidazole rings is 1. The van der Waals surface area contributed by atoms with Gasteiger partial charge in [-0.25, -0.2) is 4.98 Å². The summed E-state index contributed by atoms with van der Waals surface area (Å²) in [6.45, 7) is 5.50. The lowest BCUT2D eigenvalue weighted by Crippen LogP contribution is -2.40. The van der Waals surface area contributed by atoms with Crippen LogP contribution in [-0.4, -0.2) is 82.1 Å². The van der Waals surface area contributed by atoms with E-state index in [0.717, 1.165) is 18.5 Å². The molecular formula is C28H30ClN5O8. The van der Waals surface area contributed by atoms with Crippen LogP contribution in [-0.2, 0) is 43.5 Å². The lowest BCUT2D eigenvalue weighted by molar-refractivity contribution is -0.166. The fourth-order valence-corrected chi connectivity index (χ4v) is 6.34. The number of fused-ring (bicyclic) bond motifs is 3. The minimum atomic E-state index is -1.10. The lowest BCUT2D eigenvalue weighted by atomic mass is 9.76. The summed E-state index contributed by atoms with van der Waals surface area (Å²) < 4.78 is 29.7. The summed E-state index contributed by atoms with van der Waals surface area (Å²) in [6.07, 6.45) is -0.888. The molecule has 42 heavy (non-hydrogen) atoms. The average molecular weight is 600 g/mol. The topological polar surface area (TPSA) is 144 Å². The zero-order valence-corrected chi connectivity index (χ0v) is 24.1. The molecular weight excluding hydrogens is 570 g/mol. The van der Waals surface area contributed by atoms with Gasteiger partial charge in [-0.15, -0.1) is 0 Å². The predicted octanol–water partition coefficient (Wildman–Crippen LogP) is 3.00. The zero-order chi connectivity index (χ0) is 29.6. The van der Waals surface area contributed by atoms with Crippen molar-refractivity contribution in [3.05, 3.63) is 41.4 Å². The molecule has 0 unspecified atom stereocenters. The molecule has 0 radical (unpaired) electrons. The van der Waals surface area contributed by atoms with Crippen molar-refractivity contribution in [2.75, 3.05) is 31.3 Å². The van der Waals surface area contributed by atoms with Crippen molar-refractivity contribution in [1.29, 1.82) is 0 Å². The van der Waals surface area contributed by atoms with Crippen LogP contribution in [0, 0.1) is 0 Å². The van der Waals surface area contributed by atoms with Crippen LogP contribution in [0.3, 0.4) is 0 Å². The molecule has 2 aromatic heterocycles. The van der Waals surface area contributed by atoms with Crippen LogP contribution in [0.2, 0.25) is 5.28 Å². The van der Waals surface area contributed by atoms with E-state index in [4.69, 9.17) is 35.3 Å². The van der Waals surface area contributed by atoms with E-state index in [-0.39, 0.29) is 17.3 Å². The third kappa shape index (κ3) is 5.05. The molecule has 3 aromatic rings. The van der Waals surface area contributed by atoms with Crippen LogP contribution >= 0.6 is 11.6 Å². The number of hydrogen-bond acceptors (Lipinski definition) is 12. The van der Waals surface area contributed by atoms with E-state index in [0.29, 0.717) is 36.7 Å². The number of aromatic nitrogens is 4. The minimum absolute atomic E-state index is 0.0142. The fourth-order valence-electron chi connectivity index (χ4n) is 6.18. The summed E-state index contributed by atoms with van der Waals surface area (Å²) in [5, 5.41) is -0.0142. The molecule has 222 valence electrons. The van der Waals surface area contributed by atoms with Gasteiger partial charge >= 0.3 is 17.9 Å². The molecule has 0 N–H and O–H groups in total. The minimum Gasteiger partial charge on any atom is -0.463 e. The van der Waals surface area contributed by atoms with Gasteiger partial charge in [0.25, 0.3) is 0 Å². The maximum atomic E-state index is 12.1. The van der Waals surface area contributed by atoms with Gasteiger partial charge in [-0.1, -0.05) is 18.2 Å². The van der Waals surface area contributed by atoms with Gasteiger partial charge in [-0.2, -0.15) is 9.97 Å². The number of halogens is 1. The van der Waals surface area contributed by atoms with Gasteiger partial charge in [0, 0.05) is 51.6 Å². The Morgan fingerprint density at radius 2 is 1.74 bits per heavy atom. The molecule has 1 spiro atoms. The average Bonchev–Trinajstić information content (AvgIpc) is 3.60. The Morgan fingerprint density at radius 3 is 2.45 bits per heavy atom. The number of rotatable bonds is 6. The number of esters is 3. The number of hydrogen-bond donors (Lipinski definition) is 0. The van der Waals surface area contributed by atoms with Gasteiger partial charge < -0.3 is 28.6 Å². The van der Waals surface area contributed by atoms with Crippen molar-refractivity contribution in [2.45, 2.75) is 63.6 Å². The Hall–Kier alpha value is -3.81. The first-order chi connectivity index (χ1) is 20.2. The van der Waals surface area contributed by atoms with Crippen LogP contribution in [0.15, 0.2) is 30.6 Å². The lowest BCUT2D eigenvalue weighted by Gasteiger charge is -2.34. The van der Waals surface area contributed by atoms with Crippen LogP contribution < -0.4 is 4.90 Å². The number of benzene rings is 1. The van der Waals surface area contributed by atoms with Crippen molar-refractivity contribution in [2.24, 2.45) is 0 Å². The first-order valence-corrected chi connectivity index (χ1v) is 14.0. The van der Waals surface area contributed by atoms with Crippen molar-refractivity contribution < 1.29 is 38.1 Å². The summed E-state index contributed by atoms with van der Waals surface area (Å²) >= 11 is 6.51. The van der Waals surface area contributed by atoms with Crippen molar-refractivity contribution in [3.63, 3.8) is 0 Å². The molecule has 2 saturated heterocycles. The molecule has 3 aliphatic heterocycles. The monoisotopic (exact) mass is 599 g/mol. The highest BCUT2D eigenvalue weighted by atomic mass is 35.5. The maximum absolute atomic E-state index is 12.1. The summed E-state index contributed by atoms with van der Waals surface area (Å²) in [5.41, 5.74) is 2.92. The van der Waals surface area contributed by atoms with E-state index < -0.39 is 42.4 Å². The number of carbonyl (C=O) groups excluding carboxylic acids is 3. The SMILES string of the molecule is CC(=O)OC[C@H]1O[C@@H](n2cnc3c(N4CC5(CCOCC5)c5ccccc54)nc(Cl)nc32)[C@H](OC(C)=O)[C@@H]1OC(C)=O. The van der Waals surface area contributed by atoms with Gasteiger partial charge in [-0.3, -0.25) is 19.0 Å². The molecule has 1 aromatic carbocycles. The maximum Gasteiger partial charge on any atom is 0.303 e. The van der Waals surface area contributed by atoms with E-state index in [9.17, 15) is 14.4 Å². The largest absolute Gasteiger partial charge is 0.463 e. The first kappa shape index (κ1) is 28.3. The second-order valence-corrected chi connectivity index (χ2v) is 11.0. The predicted molar refractivity (Wildman–Crippen MR) is 147 cm³/mol. The number of carbonyl (C=O) groups is 3. The molecule has 0 saturated carbocycles. The molecule has 6 rings (SSSR count). The standard InChI is InChI=1S/C28H30ClN5O8/c1-15(35)39-12-20-22(40-16(2)36)23(41-17(3)37)26(42-20)34-14-30-21-24(31-27(29)32-25(21)34)33-13-28(8-10-38-11-9-28)18-6-4-5-7-19(18)33/h4-7,14,20,22-23,26H,8-13H2,1-3H3/t20-,22-,23-,26-/m1/s1. The molecule has 4 atom stereocenters. The van der Waals surface area contributed by atoms with Gasteiger partial charge in [-0.05, 0) is 36.1 Å². The number of para-hydroxylation sites is 1. The highest BCUT2D eigenvalue weighted by Crippen LogP contribution is 2.50. The van der Waals surface area contributed by atoms with E-state index in [1.165, 1.54) is 32.7 Å². The summed E-state index contributed by atoms with van der Waals surface area (Å²) in [6, 6.07) is 8.22. The summed E-state index contributed by atoms with van der Waals surface area (Å²) in [4.78, 5) is 51.5. The molecule has 14 heteroatoms. The third-order valence-electron chi connectivity index (χ3n) is 7.92. The molecule has 0 aliphatic carbocycles. The number of nitrogens with zero attached hydrogens (tertiary/aromatic N) is 5. The molecule has 5 heterocycles. The van der Waals surface area contributed by atoms with E-state index in [1.807, 2.05) is 12.1 Å².